The van der Waals surface area contributed by atoms with Crippen LogP contribution in [0.1, 0.15) is 55.7 Å². The van der Waals surface area contributed by atoms with Gasteiger partial charge in [-0.25, -0.2) is 15.0 Å². The molecule has 0 bridgehead atoms. The summed E-state index contributed by atoms with van der Waals surface area (Å²) in [7, 11) is 0. The van der Waals surface area contributed by atoms with Gasteiger partial charge in [0.15, 0.2) is 0 Å². The average Bonchev–Trinajstić information content (AvgIpc) is 3.38. The van der Waals surface area contributed by atoms with Gasteiger partial charge in [0.25, 0.3) is 0 Å². The zero-order chi connectivity index (χ0) is 26.1. The van der Waals surface area contributed by atoms with Crippen LogP contribution in [0.25, 0.3) is 0 Å². The van der Waals surface area contributed by atoms with E-state index in [-0.39, 0.29) is 0 Å². The second-order valence-electron chi connectivity index (χ2n) is 9.29. The summed E-state index contributed by atoms with van der Waals surface area (Å²) in [5.74, 6) is 1.42. The third-order valence-corrected chi connectivity index (χ3v) is 6.61. The van der Waals surface area contributed by atoms with Gasteiger partial charge in [0.1, 0.15) is 11.9 Å². The number of nitrogens with zero attached hydrogens (tertiary/aromatic N) is 6. The van der Waals surface area contributed by atoms with Gasteiger partial charge in [0.05, 0.1) is 5.56 Å². The Hall–Kier alpha value is -2.98. The molecule has 0 aliphatic carbocycles. The molecule has 0 amide bonds. The van der Waals surface area contributed by atoms with Crippen LogP contribution >= 0.6 is 0 Å². The van der Waals surface area contributed by atoms with E-state index >= 15 is 0 Å². The zero-order valence-corrected chi connectivity index (χ0v) is 21.3. The molecule has 10 heteroatoms. The molecule has 2 aromatic heterocycles. The monoisotopic (exact) mass is 516 g/mol. The zero-order valence-electron chi connectivity index (χ0n) is 21.3. The molecule has 1 aromatic carbocycles. The van der Waals surface area contributed by atoms with Crippen molar-refractivity contribution in [2.24, 2.45) is 0 Å². The topological polar surface area (TPSA) is 59.3 Å². The molecule has 37 heavy (non-hydrogen) atoms. The van der Waals surface area contributed by atoms with E-state index in [9.17, 15) is 13.2 Å². The van der Waals surface area contributed by atoms with Crippen molar-refractivity contribution in [2.45, 2.75) is 51.4 Å². The molecular formula is C27H35F3N6O. The van der Waals surface area contributed by atoms with Gasteiger partial charge < -0.3 is 14.2 Å². The Morgan fingerprint density at radius 3 is 2.43 bits per heavy atom. The maximum atomic E-state index is 13.4. The molecule has 1 aliphatic heterocycles. The molecule has 1 unspecified atom stereocenters. The number of hydrogen-bond donors (Lipinski definition) is 0. The van der Waals surface area contributed by atoms with Gasteiger partial charge in [0.2, 0.25) is 5.95 Å². The molecule has 7 nitrogen and oxygen atoms in total. The Morgan fingerprint density at radius 1 is 0.919 bits per heavy atom. The third-order valence-electron chi connectivity index (χ3n) is 6.61. The second kappa shape index (κ2) is 13.0. The van der Waals surface area contributed by atoms with Gasteiger partial charge in [-0.2, -0.15) is 13.2 Å². The largest absolute Gasteiger partial charge is 0.416 e. The number of rotatable bonds is 12. The van der Waals surface area contributed by atoms with Crippen LogP contribution in [0.3, 0.4) is 0 Å². The number of ether oxygens (including phenoxy) is 1. The van der Waals surface area contributed by atoms with Crippen LogP contribution < -0.4 is 4.90 Å². The highest BCUT2D eigenvalue weighted by Crippen LogP contribution is 2.33. The van der Waals surface area contributed by atoms with Crippen molar-refractivity contribution in [3.05, 3.63) is 72.1 Å². The summed E-state index contributed by atoms with van der Waals surface area (Å²) in [6, 6.07) is 7.22. The Balaban J connectivity index is 1.32. The summed E-state index contributed by atoms with van der Waals surface area (Å²) in [6.07, 6.45) is 5.76. The van der Waals surface area contributed by atoms with E-state index in [2.05, 4.69) is 31.7 Å². The lowest BCUT2D eigenvalue weighted by molar-refractivity contribution is -0.137. The smallest absolute Gasteiger partial charge is 0.366 e. The van der Waals surface area contributed by atoms with E-state index in [1.54, 1.807) is 24.7 Å². The van der Waals surface area contributed by atoms with Crippen molar-refractivity contribution in [3.8, 4) is 0 Å². The van der Waals surface area contributed by atoms with Gasteiger partial charge in [-0.05, 0) is 49.6 Å². The van der Waals surface area contributed by atoms with Crippen molar-refractivity contribution < 1.29 is 17.9 Å². The number of piperazine rings is 1. The van der Waals surface area contributed by atoms with Crippen LogP contribution in [-0.4, -0.2) is 63.7 Å². The fourth-order valence-corrected chi connectivity index (χ4v) is 4.54. The summed E-state index contributed by atoms with van der Waals surface area (Å²) in [5, 5.41) is 0. The van der Waals surface area contributed by atoms with E-state index in [4.69, 9.17) is 4.74 Å². The molecule has 1 saturated heterocycles. The van der Waals surface area contributed by atoms with Gasteiger partial charge in [-0.3, -0.25) is 4.90 Å². The minimum Gasteiger partial charge on any atom is -0.366 e. The molecule has 3 heterocycles. The quantitative estimate of drug-likeness (QED) is 0.309. The fourth-order valence-electron chi connectivity index (χ4n) is 4.54. The maximum absolute atomic E-state index is 13.4. The number of aryl methyl sites for hydroxylation is 1. The first-order valence-electron chi connectivity index (χ1n) is 13.0. The van der Waals surface area contributed by atoms with Crippen molar-refractivity contribution in [1.29, 1.82) is 0 Å². The van der Waals surface area contributed by atoms with Crippen molar-refractivity contribution in [3.63, 3.8) is 0 Å². The summed E-state index contributed by atoms with van der Waals surface area (Å²) in [5.41, 5.74) is -0.205. The normalized spacial score (nSPS) is 15.7. The Kier molecular flexibility index (Phi) is 9.51. The van der Waals surface area contributed by atoms with Crippen LogP contribution in [0.15, 0.2) is 55.1 Å². The molecule has 1 atom stereocenters. The molecular weight excluding hydrogens is 481 g/mol. The van der Waals surface area contributed by atoms with E-state index in [1.807, 2.05) is 16.8 Å². The van der Waals surface area contributed by atoms with Crippen LogP contribution in [0, 0.1) is 0 Å². The minimum absolute atomic E-state index is 0.444. The minimum atomic E-state index is -4.41. The number of hydrogen-bond acceptors (Lipinski definition) is 6. The van der Waals surface area contributed by atoms with E-state index < -0.39 is 17.8 Å². The summed E-state index contributed by atoms with van der Waals surface area (Å²) >= 11 is 0. The van der Waals surface area contributed by atoms with Gasteiger partial charge in [0, 0.05) is 64.1 Å². The van der Waals surface area contributed by atoms with E-state index in [0.29, 0.717) is 18.0 Å². The highest BCUT2D eigenvalue weighted by Gasteiger charge is 2.32. The molecule has 4 rings (SSSR count). The molecule has 200 valence electrons. The number of unbranched alkanes of at least 4 members (excludes halogenated alkanes) is 2. The lowest BCUT2D eigenvalue weighted by Gasteiger charge is -2.34. The van der Waals surface area contributed by atoms with Crippen LogP contribution in [0.4, 0.5) is 19.1 Å². The number of imidazole rings is 1. The lowest BCUT2D eigenvalue weighted by atomic mass is 10.0. The summed E-state index contributed by atoms with van der Waals surface area (Å²) in [4.78, 5) is 17.7. The Morgan fingerprint density at radius 2 is 1.70 bits per heavy atom. The fraction of sp³-hybridized carbons (Fsp3) is 0.519. The van der Waals surface area contributed by atoms with Crippen LogP contribution in [0.2, 0.25) is 0 Å². The molecule has 3 aromatic rings. The van der Waals surface area contributed by atoms with E-state index in [0.717, 1.165) is 77.0 Å². The SMILES string of the molecule is CCCCn1ccnc1C(OCCCCN1CCN(c2ncccn2)CC1)c1cccc(C(F)(F)F)c1. The summed E-state index contributed by atoms with van der Waals surface area (Å²) < 4.78 is 48.4. The van der Waals surface area contributed by atoms with Crippen molar-refractivity contribution in [2.75, 3.05) is 44.2 Å². The first-order valence-corrected chi connectivity index (χ1v) is 13.0. The number of halogens is 3. The maximum Gasteiger partial charge on any atom is 0.416 e. The molecule has 1 aliphatic rings. The van der Waals surface area contributed by atoms with Crippen molar-refractivity contribution >= 4 is 5.95 Å². The predicted molar refractivity (Wildman–Crippen MR) is 136 cm³/mol. The Bertz CT molecular complexity index is 1080. The molecule has 1 fully saturated rings. The van der Waals surface area contributed by atoms with Crippen molar-refractivity contribution in [1.82, 2.24) is 24.4 Å². The number of benzene rings is 1. The molecule has 0 radical (unpaired) electrons. The molecule has 0 N–H and O–H groups in total. The molecule has 0 spiro atoms. The number of alkyl halides is 3. The van der Waals surface area contributed by atoms with Gasteiger partial charge in [-0.15, -0.1) is 0 Å². The van der Waals surface area contributed by atoms with Crippen LogP contribution in [-0.2, 0) is 17.5 Å². The van der Waals surface area contributed by atoms with Crippen LogP contribution in [0.5, 0.6) is 0 Å². The van der Waals surface area contributed by atoms with Gasteiger partial charge in [-0.1, -0.05) is 25.5 Å². The lowest BCUT2D eigenvalue weighted by Crippen LogP contribution is -2.47. The highest BCUT2D eigenvalue weighted by atomic mass is 19.4. The van der Waals surface area contributed by atoms with E-state index in [1.165, 1.54) is 12.1 Å². The first-order chi connectivity index (χ1) is 18.0. The van der Waals surface area contributed by atoms with Gasteiger partial charge >= 0.3 is 6.18 Å². The first kappa shape index (κ1) is 27.1. The third kappa shape index (κ3) is 7.52. The highest BCUT2D eigenvalue weighted by molar-refractivity contribution is 5.31. The average molecular weight is 517 g/mol. The molecule has 0 saturated carbocycles. The summed E-state index contributed by atoms with van der Waals surface area (Å²) in [6.45, 7) is 7.92. The number of aromatic nitrogens is 4. The predicted octanol–water partition coefficient (Wildman–Crippen LogP) is 5.20. The number of anilines is 1. The standard InChI is InChI=1S/C27H35F3N6O/c1-2-3-14-35-15-12-31-25(35)24(22-8-6-9-23(21-22)27(28,29)30)37-20-5-4-13-34-16-18-36(19-17-34)26-32-10-7-11-33-26/h6-12,15,21,24H,2-5,13-14,16-20H2,1H3. The second-order valence-corrected chi connectivity index (χ2v) is 9.29. The Labute approximate surface area is 216 Å².